The highest BCUT2D eigenvalue weighted by molar-refractivity contribution is 7.92. The Balaban J connectivity index is 1.56. The van der Waals surface area contributed by atoms with E-state index in [1.165, 1.54) is 0 Å². The first-order valence-electron chi connectivity index (χ1n) is 9.46. The number of morpholine rings is 1. The molecule has 1 N–H and O–H groups in total. The van der Waals surface area contributed by atoms with Gasteiger partial charge in [-0.05, 0) is 32.0 Å². The maximum Gasteiger partial charge on any atom is 0.240 e. The monoisotopic (exact) mass is 413 g/mol. The zero-order valence-corrected chi connectivity index (χ0v) is 16.9. The van der Waals surface area contributed by atoms with Gasteiger partial charge in [0.1, 0.15) is 6.54 Å². The molecule has 2 aliphatic rings. The number of carbonyl (C=O) groups excluding carboxylic acids is 1. The van der Waals surface area contributed by atoms with Crippen LogP contribution < -0.4 is 19.1 Å². The molecule has 0 aliphatic carbocycles. The first-order valence-corrected chi connectivity index (χ1v) is 11.1. The van der Waals surface area contributed by atoms with Gasteiger partial charge in [-0.25, -0.2) is 8.42 Å². The predicted molar refractivity (Wildman–Crippen MR) is 104 cm³/mol. The first kappa shape index (κ1) is 20.7. The Hall–Kier alpha value is -2.04. The molecule has 0 saturated carbocycles. The number of hydrogen-bond donors (Lipinski definition) is 1. The third-order valence-electron chi connectivity index (χ3n) is 4.71. The van der Waals surface area contributed by atoms with Gasteiger partial charge in [0.05, 0.1) is 24.7 Å². The van der Waals surface area contributed by atoms with Crippen molar-refractivity contribution in [3.63, 3.8) is 0 Å². The number of nitrogens with zero attached hydrogens (tertiary/aromatic N) is 2. The molecule has 2 heterocycles. The van der Waals surface area contributed by atoms with Crippen LogP contribution in [0.2, 0.25) is 0 Å². The number of nitrogens with one attached hydrogen (secondary N) is 1. The smallest absolute Gasteiger partial charge is 0.240 e. The molecule has 0 radical (unpaired) electrons. The molecular weight excluding hydrogens is 386 g/mol. The van der Waals surface area contributed by atoms with Gasteiger partial charge in [-0.15, -0.1) is 0 Å². The number of carbonyl (C=O) groups is 1. The second-order valence-electron chi connectivity index (χ2n) is 6.60. The minimum atomic E-state index is -3.62. The third kappa shape index (κ3) is 5.27. The molecule has 0 aromatic heterocycles. The van der Waals surface area contributed by atoms with Gasteiger partial charge in [0, 0.05) is 25.7 Å². The molecular formula is C18H27N3O6S. The number of ether oxygens (including phenoxy) is 3. The molecule has 0 unspecified atom stereocenters. The van der Waals surface area contributed by atoms with E-state index in [-0.39, 0.29) is 25.0 Å². The van der Waals surface area contributed by atoms with E-state index in [2.05, 4.69) is 10.2 Å². The molecule has 2 aliphatic heterocycles. The molecule has 28 heavy (non-hydrogen) atoms. The normalized spacial score (nSPS) is 16.8. The van der Waals surface area contributed by atoms with Gasteiger partial charge in [0.15, 0.2) is 11.5 Å². The molecule has 3 rings (SSSR count). The highest BCUT2D eigenvalue weighted by Crippen LogP contribution is 2.36. The zero-order chi connectivity index (χ0) is 20.0. The summed E-state index contributed by atoms with van der Waals surface area (Å²) in [5.74, 6) is 0.590. The van der Waals surface area contributed by atoms with E-state index in [0.29, 0.717) is 23.7 Å². The molecule has 10 heteroatoms. The molecule has 156 valence electrons. The quantitative estimate of drug-likeness (QED) is 0.586. The molecule has 0 atom stereocenters. The Labute approximate surface area is 165 Å². The standard InChI is InChI=1S/C18H27N3O6S/c1-2-28(23,24)21(15-4-5-16-17(12-15)27-14-26-16)13-18(22)19-6-3-7-20-8-10-25-11-9-20/h4-5,12H,2-3,6-11,13-14H2,1H3,(H,19,22). The van der Waals surface area contributed by atoms with Crippen LogP contribution in [0, 0.1) is 0 Å². The van der Waals surface area contributed by atoms with Crippen molar-refractivity contribution in [3.05, 3.63) is 18.2 Å². The van der Waals surface area contributed by atoms with E-state index in [0.717, 1.165) is 43.6 Å². The van der Waals surface area contributed by atoms with Crippen molar-refractivity contribution in [2.45, 2.75) is 13.3 Å². The maximum atomic E-state index is 12.5. The van der Waals surface area contributed by atoms with Crippen molar-refractivity contribution < 1.29 is 27.4 Å². The van der Waals surface area contributed by atoms with Crippen LogP contribution in [0.25, 0.3) is 0 Å². The lowest BCUT2D eigenvalue weighted by atomic mass is 10.2. The second-order valence-corrected chi connectivity index (χ2v) is 8.78. The van der Waals surface area contributed by atoms with Gasteiger partial charge in [0.2, 0.25) is 22.7 Å². The lowest BCUT2D eigenvalue weighted by molar-refractivity contribution is -0.119. The summed E-state index contributed by atoms with van der Waals surface area (Å²) in [4.78, 5) is 14.7. The number of fused-ring (bicyclic) bond motifs is 1. The van der Waals surface area contributed by atoms with E-state index in [4.69, 9.17) is 14.2 Å². The molecule has 1 aromatic carbocycles. The molecule has 1 saturated heterocycles. The fourth-order valence-electron chi connectivity index (χ4n) is 3.09. The van der Waals surface area contributed by atoms with Crippen molar-refractivity contribution in [1.82, 2.24) is 10.2 Å². The van der Waals surface area contributed by atoms with E-state index < -0.39 is 10.0 Å². The summed E-state index contributed by atoms with van der Waals surface area (Å²) in [5, 5.41) is 2.81. The van der Waals surface area contributed by atoms with Crippen LogP contribution in [0.1, 0.15) is 13.3 Å². The topological polar surface area (TPSA) is 97.4 Å². The summed E-state index contributed by atoms with van der Waals surface area (Å²) < 4.78 is 42.1. The summed E-state index contributed by atoms with van der Waals surface area (Å²) in [5.41, 5.74) is 0.384. The second kappa shape index (κ2) is 9.44. The third-order valence-corrected chi connectivity index (χ3v) is 6.45. The van der Waals surface area contributed by atoms with E-state index in [9.17, 15) is 13.2 Å². The van der Waals surface area contributed by atoms with Crippen molar-refractivity contribution in [2.24, 2.45) is 0 Å². The van der Waals surface area contributed by atoms with Gasteiger partial charge in [-0.2, -0.15) is 0 Å². The lowest BCUT2D eigenvalue weighted by Gasteiger charge is -2.26. The number of benzene rings is 1. The van der Waals surface area contributed by atoms with Crippen molar-refractivity contribution >= 4 is 21.6 Å². The number of anilines is 1. The molecule has 1 amide bonds. The van der Waals surface area contributed by atoms with Gasteiger partial charge < -0.3 is 19.5 Å². The van der Waals surface area contributed by atoms with Gasteiger partial charge in [-0.1, -0.05) is 0 Å². The Bertz CT molecular complexity index is 780. The first-order chi connectivity index (χ1) is 13.5. The Morgan fingerprint density at radius 3 is 2.71 bits per heavy atom. The van der Waals surface area contributed by atoms with Gasteiger partial charge in [0.25, 0.3) is 0 Å². The van der Waals surface area contributed by atoms with E-state index in [1.807, 2.05) is 0 Å². The number of hydrogen-bond acceptors (Lipinski definition) is 7. The summed E-state index contributed by atoms with van der Waals surface area (Å²) in [6, 6.07) is 4.85. The highest BCUT2D eigenvalue weighted by Gasteiger charge is 2.25. The predicted octanol–water partition coefficient (Wildman–Crippen LogP) is 0.410. The van der Waals surface area contributed by atoms with Crippen LogP contribution in [0.15, 0.2) is 18.2 Å². The molecule has 9 nitrogen and oxygen atoms in total. The number of rotatable bonds is 9. The molecule has 0 bridgehead atoms. The van der Waals surface area contributed by atoms with Gasteiger partial charge in [-0.3, -0.25) is 14.0 Å². The summed E-state index contributed by atoms with van der Waals surface area (Å²) in [7, 11) is -3.62. The minimum absolute atomic E-state index is 0.100. The number of sulfonamides is 1. The average Bonchev–Trinajstić information content (AvgIpc) is 3.18. The summed E-state index contributed by atoms with van der Waals surface area (Å²) >= 11 is 0. The van der Waals surface area contributed by atoms with Crippen LogP contribution in [0.3, 0.4) is 0 Å². The van der Waals surface area contributed by atoms with Crippen molar-refractivity contribution in [3.8, 4) is 11.5 Å². The van der Waals surface area contributed by atoms with Crippen LogP contribution in [-0.2, 0) is 19.6 Å². The zero-order valence-electron chi connectivity index (χ0n) is 16.1. The Kier molecular flexibility index (Phi) is 6.97. The molecule has 1 fully saturated rings. The van der Waals surface area contributed by atoms with Crippen LogP contribution in [0.5, 0.6) is 11.5 Å². The van der Waals surface area contributed by atoms with Crippen LogP contribution in [-0.4, -0.2) is 77.7 Å². The number of amides is 1. The highest BCUT2D eigenvalue weighted by atomic mass is 32.2. The summed E-state index contributed by atoms with van der Waals surface area (Å²) in [6.07, 6.45) is 0.802. The van der Waals surface area contributed by atoms with Crippen LogP contribution >= 0.6 is 0 Å². The molecule has 0 spiro atoms. The Morgan fingerprint density at radius 1 is 1.21 bits per heavy atom. The van der Waals surface area contributed by atoms with Crippen LogP contribution in [0.4, 0.5) is 5.69 Å². The molecule has 1 aromatic rings. The lowest BCUT2D eigenvalue weighted by Crippen LogP contribution is -2.42. The van der Waals surface area contributed by atoms with Crippen molar-refractivity contribution in [2.75, 3.05) is 62.8 Å². The Morgan fingerprint density at radius 2 is 1.96 bits per heavy atom. The summed E-state index contributed by atoms with van der Waals surface area (Å²) in [6.45, 7) is 6.05. The minimum Gasteiger partial charge on any atom is -0.454 e. The van der Waals surface area contributed by atoms with E-state index in [1.54, 1.807) is 25.1 Å². The van der Waals surface area contributed by atoms with Crippen molar-refractivity contribution in [1.29, 1.82) is 0 Å². The maximum absolute atomic E-state index is 12.5. The van der Waals surface area contributed by atoms with E-state index >= 15 is 0 Å². The van der Waals surface area contributed by atoms with Gasteiger partial charge >= 0.3 is 0 Å². The largest absolute Gasteiger partial charge is 0.454 e. The average molecular weight is 413 g/mol. The fourth-order valence-corrected chi connectivity index (χ4v) is 4.15. The fraction of sp³-hybridized carbons (Fsp3) is 0.611. The SMILES string of the molecule is CCS(=O)(=O)N(CC(=O)NCCCN1CCOCC1)c1ccc2c(c1)OCO2.